The molecular formula is C10H19NO3. The lowest BCUT2D eigenvalue weighted by Crippen LogP contribution is -2.55. The molecule has 0 atom stereocenters. The summed E-state index contributed by atoms with van der Waals surface area (Å²) in [4.78, 5) is 11.4. The third-order valence-corrected chi connectivity index (χ3v) is 2.55. The van der Waals surface area contributed by atoms with Crippen molar-refractivity contribution in [1.29, 1.82) is 0 Å². The van der Waals surface area contributed by atoms with Gasteiger partial charge in [0.2, 0.25) is 0 Å². The summed E-state index contributed by atoms with van der Waals surface area (Å²) < 4.78 is 9.83. The van der Waals surface area contributed by atoms with Gasteiger partial charge in [-0.25, -0.2) is 0 Å². The average Bonchev–Trinajstić information content (AvgIpc) is 2.14. The molecule has 4 heteroatoms. The van der Waals surface area contributed by atoms with Crippen LogP contribution in [0, 0.1) is 5.41 Å². The molecule has 0 aromatic carbocycles. The minimum atomic E-state index is -0.414. The van der Waals surface area contributed by atoms with E-state index in [2.05, 4.69) is 12.2 Å². The normalized spacial score (nSPS) is 18.7. The van der Waals surface area contributed by atoms with Gasteiger partial charge in [-0.05, 0) is 13.0 Å². The van der Waals surface area contributed by atoms with E-state index in [1.807, 2.05) is 0 Å². The number of unbranched alkanes of at least 4 members (excludes halogenated alkanes) is 1. The Morgan fingerprint density at radius 3 is 2.71 bits per heavy atom. The first kappa shape index (κ1) is 11.5. The first-order valence-electron chi connectivity index (χ1n) is 5.12. The molecule has 1 heterocycles. The van der Waals surface area contributed by atoms with Gasteiger partial charge >= 0.3 is 5.97 Å². The van der Waals surface area contributed by atoms with E-state index in [1.165, 1.54) is 7.11 Å². The highest BCUT2D eigenvalue weighted by Gasteiger charge is 2.46. The van der Waals surface area contributed by atoms with Crippen molar-refractivity contribution in [2.45, 2.75) is 19.8 Å². The number of esters is 1. The van der Waals surface area contributed by atoms with Crippen molar-refractivity contribution in [2.24, 2.45) is 5.41 Å². The molecule has 0 bridgehead atoms. The quantitative estimate of drug-likeness (QED) is 0.504. The molecule has 0 unspecified atom stereocenters. The molecule has 1 fully saturated rings. The Balaban J connectivity index is 2.27. The smallest absolute Gasteiger partial charge is 0.317 e. The van der Waals surface area contributed by atoms with E-state index in [-0.39, 0.29) is 5.97 Å². The molecule has 1 N–H and O–H groups in total. The minimum absolute atomic E-state index is 0.159. The zero-order valence-electron chi connectivity index (χ0n) is 8.97. The van der Waals surface area contributed by atoms with Crippen LogP contribution >= 0.6 is 0 Å². The maximum atomic E-state index is 11.4. The summed E-state index contributed by atoms with van der Waals surface area (Å²) in [6.45, 7) is 4.73. The Bertz CT molecular complexity index is 190. The molecule has 1 aliphatic heterocycles. The van der Waals surface area contributed by atoms with Crippen molar-refractivity contribution in [3.05, 3.63) is 0 Å². The van der Waals surface area contributed by atoms with Gasteiger partial charge in [-0.15, -0.1) is 0 Å². The Labute approximate surface area is 85.0 Å². The first-order chi connectivity index (χ1) is 6.75. The lowest BCUT2D eigenvalue weighted by Gasteiger charge is -2.38. The third-order valence-electron chi connectivity index (χ3n) is 2.55. The molecule has 4 nitrogen and oxygen atoms in total. The molecule has 1 rings (SSSR count). The second-order valence-corrected chi connectivity index (χ2v) is 3.80. The zero-order chi connectivity index (χ0) is 10.4. The lowest BCUT2D eigenvalue weighted by atomic mass is 9.86. The van der Waals surface area contributed by atoms with E-state index in [0.29, 0.717) is 19.8 Å². The van der Waals surface area contributed by atoms with Gasteiger partial charge in [0.15, 0.2) is 0 Å². The highest BCUT2D eigenvalue weighted by molar-refractivity contribution is 5.78. The van der Waals surface area contributed by atoms with Crippen molar-refractivity contribution >= 4 is 5.97 Å². The van der Waals surface area contributed by atoms with E-state index in [9.17, 15) is 4.79 Å². The average molecular weight is 201 g/mol. The van der Waals surface area contributed by atoms with Gasteiger partial charge in [-0.3, -0.25) is 4.79 Å². The van der Waals surface area contributed by atoms with Gasteiger partial charge in [-0.2, -0.15) is 0 Å². The van der Waals surface area contributed by atoms with Crippen LogP contribution < -0.4 is 5.32 Å². The molecule has 0 aromatic rings. The zero-order valence-corrected chi connectivity index (χ0v) is 8.97. The summed E-state index contributed by atoms with van der Waals surface area (Å²) >= 11 is 0. The highest BCUT2D eigenvalue weighted by Crippen LogP contribution is 2.27. The van der Waals surface area contributed by atoms with E-state index in [0.717, 1.165) is 19.4 Å². The van der Waals surface area contributed by atoms with Gasteiger partial charge in [0.25, 0.3) is 0 Å². The third kappa shape index (κ3) is 2.45. The monoisotopic (exact) mass is 201 g/mol. The molecule has 82 valence electrons. The van der Waals surface area contributed by atoms with Crippen LogP contribution in [0.15, 0.2) is 0 Å². The Kier molecular flexibility index (Phi) is 4.35. The van der Waals surface area contributed by atoms with Crippen molar-refractivity contribution < 1.29 is 14.3 Å². The van der Waals surface area contributed by atoms with Crippen LogP contribution in [-0.2, 0) is 14.3 Å². The number of hydrogen-bond donors (Lipinski definition) is 1. The van der Waals surface area contributed by atoms with Crippen LogP contribution in [0.1, 0.15) is 19.8 Å². The van der Waals surface area contributed by atoms with Gasteiger partial charge < -0.3 is 14.8 Å². The molecule has 0 spiro atoms. The molecule has 0 aromatic heterocycles. The Morgan fingerprint density at radius 2 is 2.29 bits per heavy atom. The van der Waals surface area contributed by atoms with Gasteiger partial charge in [0, 0.05) is 6.54 Å². The van der Waals surface area contributed by atoms with Gasteiger partial charge in [-0.1, -0.05) is 13.3 Å². The standard InChI is InChI=1S/C10H19NO3/c1-3-4-5-11-6-10(7-14-8-10)9(12)13-2/h11H,3-8H2,1-2H3. The van der Waals surface area contributed by atoms with Crippen molar-refractivity contribution in [1.82, 2.24) is 5.32 Å². The summed E-state index contributed by atoms with van der Waals surface area (Å²) in [6.07, 6.45) is 2.30. The molecule has 0 saturated carbocycles. The first-order valence-corrected chi connectivity index (χ1v) is 5.12. The number of carbonyl (C=O) groups excluding carboxylic acids is 1. The minimum Gasteiger partial charge on any atom is -0.468 e. The van der Waals surface area contributed by atoms with Crippen LogP contribution in [0.5, 0.6) is 0 Å². The van der Waals surface area contributed by atoms with Crippen molar-refractivity contribution in [2.75, 3.05) is 33.4 Å². The van der Waals surface area contributed by atoms with E-state index >= 15 is 0 Å². The Hall–Kier alpha value is -0.610. The SMILES string of the molecule is CCCCNCC1(C(=O)OC)COC1. The van der Waals surface area contributed by atoms with Gasteiger partial charge in [0.1, 0.15) is 5.41 Å². The summed E-state index contributed by atoms with van der Waals surface area (Å²) in [5, 5.41) is 3.26. The number of nitrogens with one attached hydrogen (secondary N) is 1. The molecule has 0 aliphatic carbocycles. The summed E-state index contributed by atoms with van der Waals surface area (Å²) in [6, 6.07) is 0. The maximum Gasteiger partial charge on any atom is 0.317 e. The van der Waals surface area contributed by atoms with E-state index < -0.39 is 5.41 Å². The van der Waals surface area contributed by atoms with Crippen LogP contribution in [0.3, 0.4) is 0 Å². The molecule has 1 aliphatic rings. The fourth-order valence-electron chi connectivity index (χ4n) is 1.49. The van der Waals surface area contributed by atoms with E-state index in [4.69, 9.17) is 9.47 Å². The number of rotatable bonds is 6. The topological polar surface area (TPSA) is 47.6 Å². The molecular weight excluding hydrogens is 182 g/mol. The highest BCUT2D eigenvalue weighted by atomic mass is 16.5. The van der Waals surface area contributed by atoms with Crippen LogP contribution in [0.25, 0.3) is 0 Å². The fourth-order valence-corrected chi connectivity index (χ4v) is 1.49. The number of carbonyl (C=O) groups is 1. The predicted octanol–water partition coefficient (Wildman–Crippen LogP) is 0.566. The maximum absolute atomic E-state index is 11.4. The number of methoxy groups -OCH3 is 1. The Morgan fingerprint density at radius 1 is 1.57 bits per heavy atom. The summed E-state index contributed by atoms with van der Waals surface area (Å²) in [5.74, 6) is -0.159. The number of ether oxygens (including phenoxy) is 2. The van der Waals surface area contributed by atoms with Crippen LogP contribution in [0.4, 0.5) is 0 Å². The molecule has 14 heavy (non-hydrogen) atoms. The number of hydrogen-bond acceptors (Lipinski definition) is 4. The molecule has 0 radical (unpaired) electrons. The van der Waals surface area contributed by atoms with Crippen molar-refractivity contribution in [3.63, 3.8) is 0 Å². The summed E-state index contributed by atoms with van der Waals surface area (Å²) in [7, 11) is 1.43. The second-order valence-electron chi connectivity index (χ2n) is 3.80. The van der Waals surface area contributed by atoms with Crippen LogP contribution in [0.2, 0.25) is 0 Å². The van der Waals surface area contributed by atoms with Crippen LogP contribution in [-0.4, -0.2) is 39.4 Å². The lowest BCUT2D eigenvalue weighted by molar-refractivity contribution is -0.182. The van der Waals surface area contributed by atoms with Gasteiger partial charge in [0.05, 0.1) is 20.3 Å². The summed E-state index contributed by atoms with van der Waals surface area (Å²) in [5.41, 5.74) is -0.414. The predicted molar refractivity (Wildman–Crippen MR) is 53.0 cm³/mol. The van der Waals surface area contributed by atoms with Crippen molar-refractivity contribution in [3.8, 4) is 0 Å². The largest absolute Gasteiger partial charge is 0.468 e. The fraction of sp³-hybridized carbons (Fsp3) is 0.900. The molecule has 0 amide bonds. The molecule has 1 saturated heterocycles. The van der Waals surface area contributed by atoms with E-state index in [1.54, 1.807) is 0 Å². The second kappa shape index (κ2) is 5.32.